The van der Waals surface area contributed by atoms with E-state index in [0.717, 1.165) is 17.7 Å². The van der Waals surface area contributed by atoms with Gasteiger partial charge in [0.05, 0.1) is 0 Å². The standard InChI is InChI=1S/CHO2.BF3.Li/c2-1-3;2-1(3)4;/h(H,2,3);;. The first kappa shape index (κ1) is 10.8. The molecule has 0 atom stereocenters. The Bertz CT molecular complexity index is 61.5. The first-order chi connectivity index (χ1) is 3.46. The molecule has 2 nitrogen and oxygen atoms in total. The first-order valence-electron chi connectivity index (χ1n) is 1.58. The van der Waals surface area contributed by atoms with Gasteiger partial charge < -0.3 is 0 Å². The molecule has 0 unspecified atom stereocenters. The van der Waals surface area contributed by atoms with E-state index in [2.05, 4.69) is 0 Å². The van der Waals surface area contributed by atoms with Crippen molar-refractivity contribution in [2.75, 3.05) is 0 Å². The van der Waals surface area contributed by atoms with Crippen LogP contribution in [0, 0.1) is 0 Å². The molecule has 42 valence electrons. The second-order valence-corrected chi connectivity index (χ2v) is 0.766. The minimum atomic E-state index is -3.67. The molecule has 0 aliphatic carbocycles. The zero-order valence-corrected chi connectivity index (χ0v) is 4.07. The van der Waals surface area contributed by atoms with E-state index >= 15 is 0 Å². The van der Waals surface area contributed by atoms with Crippen LogP contribution in [0.3, 0.4) is 0 Å². The molecular weight excluding hydrogens is 119 g/mol. The molecule has 0 aromatic heterocycles. The van der Waals surface area contributed by atoms with Crippen molar-refractivity contribution in [3.05, 3.63) is 0 Å². The molecule has 0 aromatic carbocycles. The quantitative estimate of drug-likeness (QED) is 0.477. The predicted octanol–water partition coefficient (Wildman–Crippen LogP) is 0.713. The third-order valence-corrected chi connectivity index (χ3v) is 0. The van der Waals surface area contributed by atoms with Gasteiger partial charge in [0.25, 0.3) is 0 Å². The van der Waals surface area contributed by atoms with Gasteiger partial charge in [0.2, 0.25) is 0 Å². The van der Waals surface area contributed by atoms with Crippen LogP contribution >= 0.6 is 0 Å². The SMILES string of the molecule is FB(F)F.[Li][C](=O)O. The van der Waals surface area contributed by atoms with Crippen molar-refractivity contribution in [2.24, 2.45) is 0 Å². The van der Waals surface area contributed by atoms with E-state index in [1.807, 2.05) is 0 Å². The van der Waals surface area contributed by atoms with Crippen molar-refractivity contribution in [1.29, 1.82) is 0 Å². The van der Waals surface area contributed by atoms with Crippen LogP contribution < -0.4 is 0 Å². The van der Waals surface area contributed by atoms with Gasteiger partial charge in [-0.25, -0.2) is 0 Å². The van der Waals surface area contributed by atoms with Crippen LogP contribution in [-0.2, 0) is 0 Å². The van der Waals surface area contributed by atoms with Gasteiger partial charge in [-0.2, -0.15) is 0 Å². The Morgan fingerprint density at radius 3 is 1.50 bits per heavy atom. The van der Waals surface area contributed by atoms with Crippen molar-refractivity contribution in [2.45, 2.75) is 0 Å². The van der Waals surface area contributed by atoms with E-state index < -0.39 is 12.2 Å². The van der Waals surface area contributed by atoms with Crippen molar-refractivity contribution < 1.29 is 22.8 Å². The van der Waals surface area contributed by atoms with Crippen LogP contribution in [-0.4, -0.2) is 35.0 Å². The molecule has 0 aliphatic heterocycles. The molecule has 0 rings (SSSR count). The molecule has 1 N–H and O–H groups in total. The van der Waals surface area contributed by atoms with Crippen LogP contribution in [0.5, 0.6) is 0 Å². The molecule has 0 radical (unpaired) electrons. The Balaban J connectivity index is 0. The molecule has 0 bridgehead atoms. The summed E-state index contributed by atoms with van der Waals surface area (Å²) in [6.45, 7) is 0. The molecule has 0 spiro atoms. The zero-order chi connectivity index (χ0) is 7.15. The van der Waals surface area contributed by atoms with Gasteiger partial charge in [-0.3, -0.25) is 12.9 Å². The van der Waals surface area contributed by atoms with Gasteiger partial charge in [-0.1, -0.05) is 0 Å². The summed E-state index contributed by atoms with van der Waals surface area (Å²) in [5.41, 5.74) is 0. The summed E-state index contributed by atoms with van der Waals surface area (Å²) in [6.07, 6.45) is 0. The van der Waals surface area contributed by atoms with Crippen molar-refractivity contribution in [1.82, 2.24) is 0 Å². The average Bonchev–Trinajstić information content (AvgIpc) is 1.25. The van der Waals surface area contributed by atoms with E-state index in [9.17, 15) is 12.9 Å². The van der Waals surface area contributed by atoms with E-state index in [0.29, 0.717) is 0 Å². The second-order valence-electron chi connectivity index (χ2n) is 0.766. The molecule has 8 heavy (non-hydrogen) atoms. The molecule has 0 amide bonds. The maximum atomic E-state index is 9.67. The van der Waals surface area contributed by atoms with Gasteiger partial charge in [0.15, 0.2) is 0 Å². The third-order valence-electron chi connectivity index (χ3n) is 0. The number of halogens is 3. The Hall–Kier alpha value is -0.0777. The molecule has 0 aromatic rings. The van der Waals surface area contributed by atoms with Crippen molar-refractivity contribution in [3.8, 4) is 0 Å². The first-order valence-corrected chi connectivity index (χ1v) is 1.58. The fourth-order valence-corrected chi connectivity index (χ4v) is 0. The summed E-state index contributed by atoms with van der Waals surface area (Å²) < 4.78 is 28.2. The Morgan fingerprint density at radius 1 is 1.50 bits per heavy atom. The van der Waals surface area contributed by atoms with Crippen LogP contribution in [0.1, 0.15) is 0 Å². The molecule has 0 fully saturated rings. The molecule has 0 saturated carbocycles. The number of rotatable bonds is 0. The van der Waals surface area contributed by atoms with E-state index in [1.165, 1.54) is 0 Å². The summed E-state index contributed by atoms with van der Waals surface area (Å²) in [5.74, 6) is 0. The Kier molecular flexibility index (Phi) is 9.37. The summed E-state index contributed by atoms with van der Waals surface area (Å²) in [7, 11) is -3.67. The Morgan fingerprint density at radius 2 is 1.50 bits per heavy atom. The topological polar surface area (TPSA) is 37.3 Å². The maximum absolute atomic E-state index is 9.67. The summed E-state index contributed by atoms with van der Waals surface area (Å²) in [6, 6.07) is 0. The molecule has 0 saturated heterocycles. The summed E-state index contributed by atoms with van der Waals surface area (Å²) in [5, 5.41) is 7.42. The van der Waals surface area contributed by atoms with E-state index in [1.54, 1.807) is 0 Å². The number of carbonyl (C=O) groups is 1. The van der Waals surface area contributed by atoms with E-state index in [-0.39, 0.29) is 0 Å². The van der Waals surface area contributed by atoms with Gasteiger partial charge in [-0.05, 0) is 0 Å². The van der Waals surface area contributed by atoms with Gasteiger partial charge in [0, 0.05) is 0 Å². The number of hydrogen-bond acceptors (Lipinski definition) is 1. The fourth-order valence-electron chi connectivity index (χ4n) is 0. The Labute approximate surface area is 53.5 Å². The van der Waals surface area contributed by atoms with Crippen LogP contribution in [0.2, 0.25) is 0 Å². The van der Waals surface area contributed by atoms with Crippen molar-refractivity contribution in [3.63, 3.8) is 0 Å². The van der Waals surface area contributed by atoms with Gasteiger partial charge in [-0.15, -0.1) is 0 Å². The average molecular weight is 120 g/mol. The van der Waals surface area contributed by atoms with Crippen LogP contribution in [0.4, 0.5) is 17.7 Å². The van der Waals surface area contributed by atoms with E-state index in [4.69, 9.17) is 9.90 Å². The molecule has 0 aliphatic rings. The molecular formula is CHBF3LiO2. The fraction of sp³-hybridized carbons (Fsp3) is 0. The monoisotopic (exact) mass is 120 g/mol. The van der Waals surface area contributed by atoms with Gasteiger partial charge >= 0.3 is 39.8 Å². The van der Waals surface area contributed by atoms with Crippen LogP contribution in [0.25, 0.3) is 0 Å². The molecule has 7 heteroatoms. The zero-order valence-electron chi connectivity index (χ0n) is 4.07. The number of hydrogen-bond donors (Lipinski definition) is 1. The predicted molar refractivity (Wildman–Crippen MR) is 22.9 cm³/mol. The second kappa shape index (κ2) is 6.92. The van der Waals surface area contributed by atoms with Crippen LogP contribution in [0.15, 0.2) is 0 Å². The summed E-state index contributed by atoms with van der Waals surface area (Å²) >= 11 is 1.08. The third kappa shape index (κ3) is 23800. The normalized spacial score (nSPS) is 6.62. The molecule has 0 heterocycles. The van der Waals surface area contributed by atoms with Crippen molar-refractivity contribution >= 4 is 29.9 Å². The van der Waals surface area contributed by atoms with Gasteiger partial charge in [0.1, 0.15) is 0 Å². The summed E-state index contributed by atoms with van der Waals surface area (Å²) in [4.78, 5) is 9.00. The minimum absolute atomic E-state index is 0.833. The number of carboxylic acid groups (broad SMARTS) is 1.